The van der Waals surface area contributed by atoms with E-state index in [9.17, 15) is 0 Å². The monoisotopic (exact) mass is 490 g/mol. The van der Waals surface area contributed by atoms with Gasteiger partial charge in [0, 0.05) is 46.9 Å². The number of halogens is 1. The van der Waals surface area contributed by atoms with Gasteiger partial charge in [-0.25, -0.2) is 0 Å². The SMILES string of the molecule is CN=C(NCC1CN(CC(C)C)CCO1)NCC(OC)c1ccccc1.I. The third-order valence-corrected chi connectivity index (χ3v) is 4.48. The van der Waals surface area contributed by atoms with Crippen LogP contribution in [0.2, 0.25) is 0 Å². The number of hydrogen-bond donors (Lipinski definition) is 2. The van der Waals surface area contributed by atoms with Crippen LogP contribution in [0.25, 0.3) is 0 Å². The van der Waals surface area contributed by atoms with E-state index >= 15 is 0 Å². The van der Waals surface area contributed by atoms with Crippen molar-refractivity contribution in [1.82, 2.24) is 15.5 Å². The van der Waals surface area contributed by atoms with Gasteiger partial charge >= 0.3 is 0 Å². The lowest BCUT2D eigenvalue weighted by Gasteiger charge is -2.34. The van der Waals surface area contributed by atoms with Crippen molar-refractivity contribution in [2.24, 2.45) is 10.9 Å². The topological polar surface area (TPSA) is 58.1 Å². The molecule has 0 spiro atoms. The minimum atomic E-state index is -0.0118. The van der Waals surface area contributed by atoms with Crippen LogP contribution in [0.15, 0.2) is 35.3 Å². The van der Waals surface area contributed by atoms with E-state index in [2.05, 4.69) is 46.5 Å². The maximum absolute atomic E-state index is 5.89. The number of benzene rings is 1. The molecule has 0 aromatic heterocycles. The Bertz CT molecular complexity index is 542. The molecule has 1 fully saturated rings. The van der Waals surface area contributed by atoms with Crippen LogP contribution < -0.4 is 10.6 Å². The Kier molecular flexibility index (Phi) is 11.9. The van der Waals surface area contributed by atoms with Gasteiger partial charge in [-0.15, -0.1) is 24.0 Å². The molecule has 2 rings (SSSR count). The van der Waals surface area contributed by atoms with Crippen LogP contribution in [-0.2, 0) is 9.47 Å². The summed E-state index contributed by atoms with van der Waals surface area (Å²) in [5.74, 6) is 1.45. The second kappa shape index (κ2) is 13.3. The van der Waals surface area contributed by atoms with Gasteiger partial charge in [-0.1, -0.05) is 44.2 Å². The number of methoxy groups -OCH3 is 1. The van der Waals surface area contributed by atoms with Crippen molar-refractivity contribution in [3.05, 3.63) is 35.9 Å². The first-order valence-electron chi connectivity index (χ1n) is 9.48. The summed E-state index contributed by atoms with van der Waals surface area (Å²) in [4.78, 5) is 6.79. The van der Waals surface area contributed by atoms with E-state index in [1.54, 1.807) is 14.2 Å². The van der Waals surface area contributed by atoms with Gasteiger partial charge in [0.2, 0.25) is 0 Å². The number of ether oxygens (including phenoxy) is 2. The summed E-state index contributed by atoms with van der Waals surface area (Å²) >= 11 is 0. The standard InChI is InChI=1S/C20H34N4O2.HI/c1-16(2)14-24-10-11-26-18(15-24)12-22-20(21-3)23-13-19(25-4)17-8-6-5-7-9-17;/h5-9,16,18-19H,10-15H2,1-4H3,(H2,21,22,23);1H. The second-order valence-corrected chi connectivity index (χ2v) is 7.12. The summed E-state index contributed by atoms with van der Waals surface area (Å²) in [6.45, 7) is 9.83. The highest BCUT2D eigenvalue weighted by molar-refractivity contribution is 14.0. The Hall–Kier alpha value is -0.900. The van der Waals surface area contributed by atoms with Gasteiger partial charge < -0.3 is 20.1 Å². The molecule has 1 aromatic carbocycles. The molecule has 1 aliphatic rings. The molecule has 1 heterocycles. The predicted octanol–water partition coefficient (Wildman–Crippen LogP) is 2.51. The first-order chi connectivity index (χ1) is 12.6. The van der Waals surface area contributed by atoms with Crippen molar-refractivity contribution in [1.29, 1.82) is 0 Å². The molecule has 2 unspecified atom stereocenters. The third-order valence-electron chi connectivity index (χ3n) is 4.48. The van der Waals surface area contributed by atoms with Crippen LogP contribution in [0.5, 0.6) is 0 Å². The molecule has 27 heavy (non-hydrogen) atoms. The molecule has 2 N–H and O–H groups in total. The third kappa shape index (κ3) is 8.76. The fraction of sp³-hybridized carbons (Fsp3) is 0.650. The summed E-state index contributed by atoms with van der Waals surface area (Å²) in [6, 6.07) is 10.2. The first kappa shape index (κ1) is 24.1. The largest absolute Gasteiger partial charge is 0.375 e. The van der Waals surface area contributed by atoms with Crippen molar-refractivity contribution in [2.75, 3.05) is 53.5 Å². The van der Waals surface area contributed by atoms with Crippen molar-refractivity contribution in [3.63, 3.8) is 0 Å². The fourth-order valence-electron chi connectivity index (χ4n) is 3.21. The molecule has 0 bridgehead atoms. The van der Waals surface area contributed by atoms with Crippen molar-refractivity contribution >= 4 is 29.9 Å². The van der Waals surface area contributed by atoms with Crippen molar-refractivity contribution in [3.8, 4) is 0 Å². The van der Waals surface area contributed by atoms with E-state index in [1.165, 1.54) is 0 Å². The highest BCUT2D eigenvalue weighted by Gasteiger charge is 2.21. The fourth-order valence-corrected chi connectivity index (χ4v) is 3.21. The van der Waals surface area contributed by atoms with E-state index in [4.69, 9.17) is 9.47 Å². The van der Waals surface area contributed by atoms with Gasteiger partial charge in [-0.05, 0) is 11.5 Å². The zero-order valence-corrected chi connectivity index (χ0v) is 19.3. The highest BCUT2D eigenvalue weighted by atomic mass is 127. The highest BCUT2D eigenvalue weighted by Crippen LogP contribution is 2.14. The van der Waals surface area contributed by atoms with Gasteiger partial charge in [0.05, 0.1) is 18.8 Å². The second-order valence-electron chi connectivity index (χ2n) is 7.12. The molecular formula is C20H35IN4O2. The van der Waals surface area contributed by atoms with Crippen LogP contribution in [-0.4, -0.2) is 70.5 Å². The molecule has 7 heteroatoms. The zero-order valence-electron chi connectivity index (χ0n) is 17.0. The van der Waals surface area contributed by atoms with Gasteiger partial charge in [0.15, 0.2) is 5.96 Å². The van der Waals surface area contributed by atoms with E-state index in [1.807, 2.05) is 18.2 Å². The number of morpholine rings is 1. The summed E-state index contributed by atoms with van der Waals surface area (Å²) in [6.07, 6.45) is 0.176. The number of aliphatic imine (C=N–C) groups is 1. The molecule has 1 aliphatic heterocycles. The van der Waals surface area contributed by atoms with E-state index < -0.39 is 0 Å². The number of guanidine groups is 1. The Morgan fingerprint density at radius 1 is 1.30 bits per heavy atom. The van der Waals surface area contributed by atoms with Crippen LogP contribution in [0, 0.1) is 5.92 Å². The lowest BCUT2D eigenvalue weighted by Crippen LogP contribution is -2.50. The van der Waals surface area contributed by atoms with Crippen LogP contribution in [0.4, 0.5) is 0 Å². The molecule has 1 saturated heterocycles. The van der Waals surface area contributed by atoms with E-state index in [0.717, 1.165) is 44.3 Å². The van der Waals surface area contributed by atoms with E-state index in [0.29, 0.717) is 12.5 Å². The minimum Gasteiger partial charge on any atom is -0.375 e. The summed E-state index contributed by atoms with van der Waals surface area (Å²) in [5.41, 5.74) is 1.15. The molecular weight excluding hydrogens is 455 g/mol. The first-order valence-corrected chi connectivity index (χ1v) is 9.48. The Morgan fingerprint density at radius 3 is 2.67 bits per heavy atom. The maximum Gasteiger partial charge on any atom is 0.191 e. The van der Waals surface area contributed by atoms with Gasteiger partial charge in [0.1, 0.15) is 0 Å². The lowest BCUT2D eigenvalue weighted by molar-refractivity contribution is -0.0284. The Labute approximate surface area is 181 Å². The smallest absolute Gasteiger partial charge is 0.191 e. The summed E-state index contributed by atoms with van der Waals surface area (Å²) in [5, 5.41) is 6.72. The van der Waals surface area contributed by atoms with Gasteiger partial charge in [0.25, 0.3) is 0 Å². The molecule has 0 amide bonds. The number of hydrogen-bond acceptors (Lipinski definition) is 4. The molecule has 2 atom stereocenters. The molecule has 0 saturated carbocycles. The molecule has 0 radical (unpaired) electrons. The Balaban J connectivity index is 0.00000364. The number of rotatable bonds is 8. The van der Waals surface area contributed by atoms with Gasteiger partial charge in [-0.3, -0.25) is 9.89 Å². The number of nitrogens with one attached hydrogen (secondary N) is 2. The molecule has 154 valence electrons. The average Bonchev–Trinajstić information content (AvgIpc) is 2.65. The lowest BCUT2D eigenvalue weighted by atomic mass is 10.1. The molecule has 1 aromatic rings. The van der Waals surface area contributed by atoms with Crippen LogP contribution in [0.3, 0.4) is 0 Å². The average molecular weight is 490 g/mol. The minimum absolute atomic E-state index is 0. The zero-order chi connectivity index (χ0) is 18.8. The van der Waals surface area contributed by atoms with E-state index in [-0.39, 0.29) is 36.2 Å². The Morgan fingerprint density at radius 2 is 2.04 bits per heavy atom. The summed E-state index contributed by atoms with van der Waals surface area (Å²) in [7, 11) is 3.52. The molecule has 0 aliphatic carbocycles. The summed E-state index contributed by atoms with van der Waals surface area (Å²) < 4.78 is 11.5. The van der Waals surface area contributed by atoms with Crippen LogP contribution >= 0.6 is 24.0 Å². The van der Waals surface area contributed by atoms with Gasteiger partial charge in [-0.2, -0.15) is 0 Å². The van der Waals surface area contributed by atoms with Crippen molar-refractivity contribution < 1.29 is 9.47 Å². The quantitative estimate of drug-likeness (QED) is 0.333. The molecule has 6 nitrogen and oxygen atoms in total. The number of nitrogens with zero attached hydrogens (tertiary/aromatic N) is 2. The predicted molar refractivity (Wildman–Crippen MR) is 122 cm³/mol. The van der Waals surface area contributed by atoms with Crippen molar-refractivity contribution in [2.45, 2.75) is 26.1 Å². The van der Waals surface area contributed by atoms with Crippen LogP contribution in [0.1, 0.15) is 25.5 Å². The normalized spacial score (nSPS) is 19.4. The maximum atomic E-state index is 5.89.